The molecule has 1 aliphatic rings. The lowest BCUT2D eigenvalue weighted by molar-refractivity contribution is -0.124. The number of carbonyl (C=O) groups is 2. The van der Waals surface area contributed by atoms with E-state index in [1.807, 2.05) is 26.8 Å². The number of amides is 2. The molecule has 0 unspecified atom stereocenters. The summed E-state index contributed by atoms with van der Waals surface area (Å²) in [5.41, 5.74) is 1.94. The van der Waals surface area contributed by atoms with Crippen molar-refractivity contribution < 1.29 is 23.5 Å². The van der Waals surface area contributed by atoms with Crippen LogP contribution in [-0.4, -0.2) is 28.7 Å². The number of hydrogen-bond donors (Lipinski definition) is 0. The first-order valence-corrected chi connectivity index (χ1v) is 11.7. The van der Waals surface area contributed by atoms with E-state index in [1.165, 1.54) is 11.0 Å². The highest BCUT2D eigenvalue weighted by molar-refractivity contribution is 8.18. The predicted molar refractivity (Wildman–Crippen MR) is 130 cm³/mol. The smallest absolute Gasteiger partial charge is 0.293 e. The number of rotatable bonds is 10. The fourth-order valence-electron chi connectivity index (χ4n) is 3.46. The van der Waals surface area contributed by atoms with E-state index >= 15 is 0 Å². The van der Waals surface area contributed by atoms with E-state index in [0.29, 0.717) is 47.0 Å². The van der Waals surface area contributed by atoms with Gasteiger partial charge in [-0.2, -0.15) is 0 Å². The largest absolute Gasteiger partial charge is 0.490 e. The van der Waals surface area contributed by atoms with Gasteiger partial charge < -0.3 is 9.47 Å². The Morgan fingerprint density at radius 3 is 2.58 bits per heavy atom. The molecule has 0 aliphatic carbocycles. The topological polar surface area (TPSA) is 55.8 Å². The van der Waals surface area contributed by atoms with Gasteiger partial charge in [0.25, 0.3) is 11.1 Å². The first-order valence-electron chi connectivity index (χ1n) is 10.9. The standard InChI is InChI=1S/C26H28FNO4S/c1-5-10-19-13-18(15-23-25(29)28(17(4)6-2)26(30)33-23)14-22(31-7-3)24(19)32-16-20-11-8-9-12-21(20)27/h5,8-9,11-15,17H,1,6-7,10,16H2,2-4H3/b23-15+/t17-/m1/s1. The number of benzene rings is 2. The van der Waals surface area contributed by atoms with Crippen LogP contribution in [0.25, 0.3) is 6.08 Å². The Morgan fingerprint density at radius 1 is 1.15 bits per heavy atom. The summed E-state index contributed by atoms with van der Waals surface area (Å²) in [5.74, 6) is 0.363. The van der Waals surface area contributed by atoms with Gasteiger partial charge in [0.2, 0.25) is 0 Å². The Kier molecular flexibility index (Phi) is 8.33. The monoisotopic (exact) mass is 469 g/mol. The van der Waals surface area contributed by atoms with Gasteiger partial charge in [0.05, 0.1) is 11.5 Å². The lowest BCUT2D eigenvalue weighted by Crippen LogP contribution is -2.36. The molecule has 2 aromatic rings. The van der Waals surface area contributed by atoms with Gasteiger partial charge >= 0.3 is 0 Å². The molecule has 2 amide bonds. The van der Waals surface area contributed by atoms with Gasteiger partial charge in [-0.1, -0.05) is 31.2 Å². The zero-order valence-corrected chi connectivity index (χ0v) is 19.9. The molecule has 1 atom stereocenters. The fourth-order valence-corrected chi connectivity index (χ4v) is 4.39. The van der Waals surface area contributed by atoms with Crippen molar-refractivity contribution in [1.29, 1.82) is 0 Å². The molecule has 0 bridgehead atoms. The van der Waals surface area contributed by atoms with Crippen LogP contribution in [0.15, 0.2) is 54.0 Å². The quantitative estimate of drug-likeness (QED) is 0.299. The molecule has 1 heterocycles. The molecule has 3 rings (SSSR count). The summed E-state index contributed by atoms with van der Waals surface area (Å²) < 4.78 is 25.9. The minimum absolute atomic E-state index is 0.0457. The van der Waals surface area contributed by atoms with Crippen LogP contribution < -0.4 is 9.47 Å². The van der Waals surface area contributed by atoms with Crippen molar-refractivity contribution in [3.05, 3.63) is 76.5 Å². The van der Waals surface area contributed by atoms with Gasteiger partial charge in [-0.25, -0.2) is 4.39 Å². The molecule has 0 N–H and O–H groups in total. The second-order valence-corrected chi connectivity index (χ2v) is 8.62. The molecule has 33 heavy (non-hydrogen) atoms. The number of allylic oxidation sites excluding steroid dienone is 1. The highest BCUT2D eigenvalue weighted by atomic mass is 32.2. The van der Waals surface area contributed by atoms with Crippen LogP contribution in [0.1, 0.15) is 43.9 Å². The lowest BCUT2D eigenvalue weighted by Gasteiger charge is -2.19. The molecule has 1 fully saturated rings. The molecule has 1 saturated heterocycles. The van der Waals surface area contributed by atoms with E-state index in [9.17, 15) is 14.0 Å². The molecule has 0 saturated carbocycles. The zero-order chi connectivity index (χ0) is 24.0. The Bertz CT molecular complexity index is 1080. The first-order chi connectivity index (χ1) is 15.9. The van der Waals surface area contributed by atoms with Crippen molar-refractivity contribution in [3.63, 3.8) is 0 Å². The van der Waals surface area contributed by atoms with Gasteiger partial charge in [-0.3, -0.25) is 14.5 Å². The van der Waals surface area contributed by atoms with E-state index < -0.39 is 0 Å². The Morgan fingerprint density at radius 2 is 1.91 bits per heavy atom. The highest BCUT2D eigenvalue weighted by Crippen LogP contribution is 2.38. The molecular formula is C26H28FNO4S. The Hall–Kier alpha value is -3.06. The van der Waals surface area contributed by atoms with Crippen LogP contribution in [0.5, 0.6) is 11.5 Å². The maximum absolute atomic E-state index is 14.1. The van der Waals surface area contributed by atoms with Gasteiger partial charge in [0, 0.05) is 17.2 Å². The third-order valence-electron chi connectivity index (χ3n) is 5.30. The lowest BCUT2D eigenvalue weighted by atomic mass is 10.0. The summed E-state index contributed by atoms with van der Waals surface area (Å²) in [6, 6.07) is 9.93. The fraction of sp³-hybridized carbons (Fsp3) is 0.308. The summed E-state index contributed by atoms with van der Waals surface area (Å²) in [4.78, 5) is 26.8. The summed E-state index contributed by atoms with van der Waals surface area (Å²) >= 11 is 0.937. The van der Waals surface area contributed by atoms with Gasteiger partial charge in [-0.05, 0) is 68.3 Å². The molecule has 174 valence electrons. The van der Waals surface area contributed by atoms with Crippen LogP contribution in [0.2, 0.25) is 0 Å². The molecule has 7 heteroatoms. The SMILES string of the molecule is C=CCc1cc(/C=C2/SC(=O)N([C@H](C)CC)C2=O)cc(OCC)c1OCc1ccccc1F. The first kappa shape index (κ1) is 24.6. The average Bonchev–Trinajstić information content (AvgIpc) is 3.07. The minimum atomic E-state index is -0.339. The summed E-state index contributed by atoms with van der Waals surface area (Å²) in [7, 11) is 0. The number of carbonyl (C=O) groups excluding carboxylic acids is 2. The van der Waals surface area contributed by atoms with Gasteiger partial charge in [0.1, 0.15) is 12.4 Å². The van der Waals surface area contributed by atoms with E-state index in [-0.39, 0.29) is 29.6 Å². The molecule has 5 nitrogen and oxygen atoms in total. The van der Waals surface area contributed by atoms with Crippen LogP contribution in [-0.2, 0) is 17.8 Å². The van der Waals surface area contributed by atoms with E-state index in [1.54, 1.807) is 36.4 Å². The van der Waals surface area contributed by atoms with E-state index in [2.05, 4.69) is 6.58 Å². The third-order valence-corrected chi connectivity index (χ3v) is 6.18. The second-order valence-electron chi connectivity index (χ2n) is 7.62. The maximum Gasteiger partial charge on any atom is 0.293 e. The minimum Gasteiger partial charge on any atom is -0.490 e. The van der Waals surface area contributed by atoms with Crippen molar-refractivity contribution in [2.45, 2.75) is 46.3 Å². The van der Waals surface area contributed by atoms with Crippen LogP contribution in [0.3, 0.4) is 0 Å². The predicted octanol–water partition coefficient (Wildman–Crippen LogP) is 6.37. The van der Waals surface area contributed by atoms with Crippen LogP contribution in [0, 0.1) is 5.82 Å². The average molecular weight is 470 g/mol. The van der Waals surface area contributed by atoms with E-state index in [4.69, 9.17) is 9.47 Å². The normalized spacial score (nSPS) is 15.8. The second kappa shape index (κ2) is 11.2. The van der Waals surface area contributed by atoms with E-state index in [0.717, 1.165) is 17.3 Å². The van der Waals surface area contributed by atoms with Crippen molar-refractivity contribution in [1.82, 2.24) is 4.90 Å². The summed E-state index contributed by atoms with van der Waals surface area (Å²) in [6.45, 7) is 9.92. The number of ether oxygens (including phenoxy) is 2. The third kappa shape index (κ3) is 5.66. The van der Waals surface area contributed by atoms with Gasteiger partial charge in [-0.15, -0.1) is 6.58 Å². The van der Waals surface area contributed by atoms with Crippen molar-refractivity contribution in [2.75, 3.05) is 6.61 Å². The van der Waals surface area contributed by atoms with Crippen LogP contribution >= 0.6 is 11.8 Å². The molecule has 0 aromatic heterocycles. The molecule has 0 spiro atoms. The number of halogens is 1. The summed E-state index contributed by atoms with van der Waals surface area (Å²) in [5, 5.41) is -0.262. The maximum atomic E-state index is 14.1. The molecule has 0 radical (unpaired) electrons. The van der Waals surface area contributed by atoms with Gasteiger partial charge in [0.15, 0.2) is 11.5 Å². The van der Waals surface area contributed by atoms with Crippen molar-refractivity contribution in [2.24, 2.45) is 0 Å². The summed E-state index contributed by atoms with van der Waals surface area (Å²) in [6.07, 6.45) is 4.62. The number of nitrogens with zero attached hydrogens (tertiary/aromatic N) is 1. The highest BCUT2D eigenvalue weighted by Gasteiger charge is 2.37. The zero-order valence-electron chi connectivity index (χ0n) is 19.1. The molecule has 1 aliphatic heterocycles. The molecule has 2 aromatic carbocycles. The van der Waals surface area contributed by atoms with Crippen LogP contribution in [0.4, 0.5) is 9.18 Å². The molecular weight excluding hydrogens is 441 g/mol. The number of thioether (sulfide) groups is 1. The number of imide groups is 1. The van der Waals surface area contributed by atoms with Crippen molar-refractivity contribution in [3.8, 4) is 11.5 Å². The number of hydrogen-bond acceptors (Lipinski definition) is 5. The Balaban J connectivity index is 1.96. The van der Waals surface area contributed by atoms with Crippen molar-refractivity contribution >= 4 is 29.0 Å². The Labute approximate surface area is 198 Å².